The number of amides is 1. The van der Waals surface area contributed by atoms with Gasteiger partial charge in [-0.25, -0.2) is 0 Å². The Balaban J connectivity index is 2.34. The van der Waals surface area contributed by atoms with Crippen LogP contribution in [0.1, 0.15) is 23.2 Å². The number of benzene rings is 1. The number of carbonyl (C=O) groups is 1. The van der Waals surface area contributed by atoms with Crippen LogP contribution in [0.3, 0.4) is 0 Å². The number of allylic oxidation sites excluding steroid dienone is 2. The molecule has 7 heteroatoms. The van der Waals surface area contributed by atoms with Crippen molar-refractivity contribution in [2.24, 2.45) is 0 Å². The van der Waals surface area contributed by atoms with E-state index in [9.17, 15) is 4.79 Å². The zero-order valence-corrected chi connectivity index (χ0v) is 12.4. The van der Waals surface area contributed by atoms with Crippen LogP contribution >= 0.6 is 0 Å². The van der Waals surface area contributed by atoms with Crippen molar-refractivity contribution in [3.8, 4) is 24.0 Å². The lowest BCUT2D eigenvalue weighted by Crippen LogP contribution is -2.25. The number of hydrogen-bond acceptors (Lipinski definition) is 6. The summed E-state index contributed by atoms with van der Waals surface area (Å²) in [6.45, 7) is 0. The topological polar surface area (TPSA) is 122 Å². The first kappa shape index (κ1) is 15.9. The van der Waals surface area contributed by atoms with Gasteiger partial charge < -0.3 is 15.4 Å². The van der Waals surface area contributed by atoms with E-state index in [0.717, 1.165) is 12.8 Å². The van der Waals surface area contributed by atoms with Crippen LogP contribution in [0, 0.1) is 34.0 Å². The number of hydrogen-bond donors (Lipinski definition) is 2. The van der Waals surface area contributed by atoms with Crippen LogP contribution in [-0.2, 0) is 0 Å². The molecule has 0 aromatic heterocycles. The molecule has 1 fully saturated rings. The molecular formula is C16H13N5O2. The second-order valence-electron chi connectivity index (χ2n) is 4.87. The number of methoxy groups -OCH3 is 1. The van der Waals surface area contributed by atoms with Gasteiger partial charge in [-0.2, -0.15) is 15.8 Å². The van der Waals surface area contributed by atoms with Gasteiger partial charge in [0, 0.05) is 11.6 Å². The van der Waals surface area contributed by atoms with E-state index in [1.165, 1.54) is 13.2 Å². The molecule has 23 heavy (non-hydrogen) atoms. The highest BCUT2D eigenvalue weighted by molar-refractivity contribution is 5.96. The molecule has 0 atom stereocenters. The van der Waals surface area contributed by atoms with Crippen LogP contribution in [0.2, 0.25) is 0 Å². The molecule has 0 unspecified atom stereocenters. The summed E-state index contributed by atoms with van der Waals surface area (Å²) in [5.74, 6) is 0.164. The van der Waals surface area contributed by atoms with Gasteiger partial charge in [0.2, 0.25) is 0 Å². The maximum absolute atomic E-state index is 12.1. The Bertz CT molecular complexity index is 772. The summed E-state index contributed by atoms with van der Waals surface area (Å²) in [6.07, 6.45) is 1.95. The first-order chi connectivity index (χ1) is 11.1. The predicted octanol–water partition coefficient (Wildman–Crippen LogP) is 1.82. The van der Waals surface area contributed by atoms with Crippen LogP contribution in [-0.4, -0.2) is 19.1 Å². The van der Waals surface area contributed by atoms with Gasteiger partial charge in [0.05, 0.1) is 12.8 Å². The Morgan fingerprint density at radius 2 is 1.91 bits per heavy atom. The van der Waals surface area contributed by atoms with E-state index in [2.05, 4.69) is 10.6 Å². The minimum absolute atomic E-state index is 0.201. The predicted molar refractivity (Wildman–Crippen MR) is 81.0 cm³/mol. The lowest BCUT2D eigenvalue weighted by molar-refractivity contribution is 0.0951. The van der Waals surface area contributed by atoms with E-state index in [4.69, 9.17) is 20.5 Å². The smallest absolute Gasteiger partial charge is 0.251 e. The Morgan fingerprint density at radius 3 is 2.43 bits per heavy atom. The quantitative estimate of drug-likeness (QED) is 0.800. The molecule has 1 aliphatic rings. The number of nitriles is 3. The number of anilines is 1. The Morgan fingerprint density at radius 1 is 1.22 bits per heavy atom. The lowest BCUT2D eigenvalue weighted by Gasteiger charge is -2.12. The number of ether oxygens (including phenoxy) is 1. The summed E-state index contributed by atoms with van der Waals surface area (Å²) < 4.78 is 5.17. The number of carbonyl (C=O) groups excluding carboxylic acids is 1. The van der Waals surface area contributed by atoms with Crippen molar-refractivity contribution >= 4 is 11.6 Å². The second-order valence-corrected chi connectivity index (χ2v) is 4.87. The van der Waals surface area contributed by atoms with E-state index in [1.54, 1.807) is 30.3 Å². The molecule has 0 heterocycles. The zero-order chi connectivity index (χ0) is 16.8. The third-order valence-electron chi connectivity index (χ3n) is 3.22. The van der Waals surface area contributed by atoms with Crippen molar-refractivity contribution in [2.45, 2.75) is 18.9 Å². The van der Waals surface area contributed by atoms with Crippen molar-refractivity contribution < 1.29 is 9.53 Å². The SMILES string of the molecule is COc1ccc(C(=O)NC2CC2)cc1NC(C#N)=C(C#N)C#N. The Kier molecular flexibility index (Phi) is 4.82. The minimum atomic E-state index is -0.345. The number of nitrogens with one attached hydrogen (secondary N) is 2. The van der Waals surface area contributed by atoms with E-state index >= 15 is 0 Å². The van der Waals surface area contributed by atoms with Crippen LogP contribution < -0.4 is 15.4 Å². The first-order valence-corrected chi connectivity index (χ1v) is 6.83. The summed E-state index contributed by atoms with van der Waals surface area (Å²) in [5, 5.41) is 32.4. The van der Waals surface area contributed by atoms with Gasteiger partial charge in [-0.3, -0.25) is 4.79 Å². The van der Waals surface area contributed by atoms with Gasteiger partial charge >= 0.3 is 0 Å². The molecule has 7 nitrogen and oxygen atoms in total. The van der Waals surface area contributed by atoms with Crippen molar-refractivity contribution in [1.82, 2.24) is 5.32 Å². The summed E-state index contributed by atoms with van der Waals surface area (Å²) in [7, 11) is 1.44. The van der Waals surface area contributed by atoms with E-state index in [0.29, 0.717) is 17.0 Å². The summed E-state index contributed by atoms with van der Waals surface area (Å²) in [6, 6.07) is 9.97. The average Bonchev–Trinajstić information content (AvgIpc) is 3.38. The van der Waals surface area contributed by atoms with Gasteiger partial charge in [-0.15, -0.1) is 0 Å². The molecule has 2 rings (SSSR count). The lowest BCUT2D eigenvalue weighted by atomic mass is 10.1. The largest absolute Gasteiger partial charge is 0.495 e. The second kappa shape index (κ2) is 6.98. The first-order valence-electron chi connectivity index (χ1n) is 6.83. The van der Waals surface area contributed by atoms with Crippen molar-refractivity contribution in [2.75, 3.05) is 12.4 Å². The molecule has 1 saturated carbocycles. The molecule has 114 valence electrons. The van der Waals surface area contributed by atoms with Gasteiger partial charge in [0.25, 0.3) is 5.91 Å². The van der Waals surface area contributed by atoms with E-state index < -0.39 is 0 Å². The summed E-state index contributed by atoms with van der Waals surface area (Å²) in [5.41, 5.74) is 0.180. The molecule has 1 aromatic rings. The Hall–Kier alpha value is -3.50. The highest BCUT2D eigenvalue weighted by Gasteiger charge is 2.24. The standard InChI is InChI=1S/C16H13N5O2/c1-23-15-5-2-10(16(22)20-12-3-4-12)6-13(15)21-14(9-19)11(7-17)8-18/h2,5-6,12,21H,3-4H2,1H3,(H,20,22). The highest BCUT2D eigenvalue weighted by atomic mass is 16.5. The zero-order valence-electron chi connectivity index (χ0n) is 12.4. The van der Waals surface area contributed by atoms with Crippen molar-refractivity contribution in [1.29, 1.82) is 15.8 Å². The van der Waals surface area contributed by atoms with Gasteiger partial charge in [0.15, 0.2) is 5.57 Å². The maximum atomic E-state index is 12.1. The number of nitrogens with zero attached hydrogens (tertiary/aromatic N) is 3. The van der Waals surface area contributed by atoms with E-state index in [1.807, 2.05) is 0 Å². The molecule has 0 spiro atoms. The van der Waals surface area contributed by atoms with Crippen molar-refractivity contribution in [3.05, 3.63) is 35.0 Å². The van der Waals surface area contributed by atoms with E-state index in [-0.39, 0.29) is 23.2 Å². The average molecular weight is 307 g/mol. The third-order valence-corrected chi connectivity index (χ3v) is 3.22. The molecule has 0 aliphatic heterocycles. The molecule has 1 amide bonds. The molecule has 0 bridgehead atoms. The van der Waals surface area contributed by atoms with Gasteiger partial charge in [-0.05, 0) is 31.0 Å². The van der Waals surface area contributed by atoms with Crippen LogP contribution in [0.4, 0.5) is 5.69 Å². The molecular weight excluding hydrogens is 294 g/mol. The molecule has 2 N–H and O–H groups in total. The fraction of sp³-hybridized carbons (Fsp3) is 0.250. The number of rotatable bonds is 5. The van der Waals surface area contributed by atoms with Crippen molar-refractivity contribution in [3.63, 3.8) is 0 Å². The summed E-state index contributed by atoms with van der Waals surface area (Å²) in [4.78, 5) is 12.1. The Labute approximate surface area is 133 Å². The fourth-order valence-corrected chi connectivity index (χ4v) is 1.86. The minimum Gasteiger partial charge on any atom is -0.495 e. The fourth-order valence-electron chi connectivity index (χ4n) is 1.86. The molecule has 0 radical (unpaired) electrons. The summed E-state index contributed by atoms with van der Waals surface area (Å²) >= 11 is 0. The normalized spacial score (nSPS) is 12.1. The van der Waals surface area contributed by atoms with Crippen LogP contribution in [0.15, 0.2) is 29.5 Å². The van der Waals surface area contributed by atoms with Gasteiger partial charge in [0.1, 0.15) is 29.7 Å². The van der Waals surface area contributed by atoms with Crippen LogP contribution in [0.25, 0.3) is 0 Å². The highest BCUT2D eigenvalue weighted by Crippen LogP contribution is 2.28. The monoisotopic (exact) mass is 307 g/mol. The third kappa shape index (κ3) is 3.78. The maximum Gasteiger partial charge on any atom is 0.251 e. The van der Waals surface area contributed by atoms with Crippen LogP contribution in [0.5, 0.6) is 5.75 Å². The molecule has 1 aromatic carbocycles. The molecule has 0 saturated heterocycles. The van der Waals surface area contributed by atoms with Gasteiger partial charge in [-0.1, -0.05) is 0 Å². The molecule has 1 aliphatic carbocycles.